The Hall–Kier alpha value is -1.65. The minimum Gasteiger partial charge on any atom is -1.00 e. The molecule has 2 aliphatic rings. The summed E-state index contributed by atoms with van der Waals surface area (Å²) in [7, 11) is 0. The van der Waals surface area contributed by atoms with Gasteiger partial charge in [-0.25, -0.2) is 9.56 Å². The van der Waals surface area contributed by atoms with Gasteiger partial charge in [0.05, 0.1) is 20.8 Å². The number of aryl methyl sites for hydroxylation is 2. The van der Waals surface area contributed by atoms with E-state index in [-0.39, 0.29) is 12.4 Å². The molecule has 0 fully saturated rings. The van der Waals surface area contributed by atoms with Gasteiger partial charge in [-0.2, -0.15) is 0 Å². The molecule has 1 aliphatic carbocycles. The van der Waals surface area contributed by atoms with Gasteiger partial charge in [-0.1, -0.05) is 13.8 Å². The second-order valence-corrected chi connectivity index (χ2v) is 8.25. The van der Waals surface area contributed by atoms with Crippen LogP contribution in [0.4, 0.5) is 5.69 Å². The number of hydrogen-bond acceptors (Lipinski definition) is 3. The summed E-state index contributed by atoms with van der Waals surface area (Å²) in [4.78, 5) is 8.93. The number of benzene rings is 2. The molecule has 5 heteroatoms. The van der Waals surface area contributed by atoms with Crippen LogP contribution in [0.2, 0.25) is 0 Å². The highest BCUT2D eigenvalue weighted by Crippen LogP contribution is 2.36. The van der Waals surface area contributed by atoms with Gasteiger partial charge in [-0.3, -0.25) is 0 Å². The summed E-state index contributed by atoms with van der Waals surface area (Å²) in [5.74, 6) is 0. The van der Waals surface area contributed by atoms with Crippen LogP contribution >= 0.6 is 11.3 Å². The number of anilines is 1. The second kappa shape index (κ2) is 10.4. The van der Waals surface area contributed by atoms with Gasteiger partial charge in [0, 0.05) is 30.9 Å². The number of hydrogen-bond donors (Lipinski definition) is 0. The summed E-state index contributed by atoms with van der Waals surface area (Å²) in [6.45, 7) is 17.5. The smallest absolute Gasteiger partial charge is 0.201 e. The lowest BCUT2D eigenvalue weighted by molar-refractivity contribution is -0.00000595. The van der Waals surface area contributed by atoms with Gasteiger partial charge in [0.2, 0.25) is 5.36 Å². The van der Waals surface area contributed by atoms with Gasteiger partial charge in [-0.05, 0) is 63.8 Å². The molecule has 1 heterocycles. The van der Waals surface area contributed by atoms with Crippen molar-refractivity contribution in [2.45, 2.75) is 54.4 Å². The maximum atomic E-state index is 5.20. The van der Waals surface area contributed by atoms with E-state index >= 15 is 0 Å². The first kappa shape index (κ1) is 23.6. The van der Waals surface area contributed by atoms with Crippen molar-refractivity contribution in [2.75, 3.05) is 31.1 Å². The fourth-order valence-electron chi connectivity index (χ4n) is 4.02. The van der Waals surface area contributed by atoms with Gasteiger partial charge < -0.3 is 17.3 Å². The third-order valence-electron chi connectivity index (χ3n) is 5.74. The average Bonchev–Trinajstić information content (AvgIpc) is 2.73. The average molecular weight is 432 g/mol. The molecule has 158 valence electrons. The first-order valence-corrected chi connectivity index (χ1v) is 11.6. The first-order valence-electron chi connectivity index (χ1n) is 10.8. The van der Waals surface area contributed by atoms with E-state index < -0.39 is 0 Å². The second-order valence-electron chi connectivity index (χ2n) is 7.17. The Balaban J connectivity index is 0.00000300. The van der Waals surface area contributed by atoms with Crippen LogP contribution in [-0.4, -0.2) is 31.2 Å². The van der Waals surface area contributed by atoms with Crippen molar-refractivity contribution in [3.63, 3.8) is 0 Å². The molecule has 0 aromatic heterocycles. The molecule has 29 heavy (non-hydrogen) atoms. The van der Waals surface area contributed by atoms with Crippen LogP contribution in [0.3, 0.4) is 0 Å². The van der Waals surface area contributed by atoms with Crippen LogP contribution in [0.5, 0.6) is 0 Å². The predicted octanol–water partition coefficient (Wildman–Crippen LogP) is 2.19. The van der Waals surface area contributed by atoms with Crippen LogP contribution in [0, 0.1) is 0 Å². The van der Waals surface area contributed by atoms with Gasteiger partial charge >= 0.3 is 0 Å². The van der Waals surface area contributed by atoms with Crippen molar-refractivity contribution in [3.05, 3.63) is 40.7 Å². The highest BCUT2D eigenvalue weighted by molar-refractivity contribution is 7.21. The third kappa shape index (κ3) is 4.59. The zero-order chi connectivity index (χ0) is 20.3. The van der Waals surface area contributed by atoms with Crippen LogP contribution in [0.15, 0.2) is 24.3 Å². The molecule has 3 rings (SSSR count). The van der Waals surface area contributed by atoms with E-state index in [4.69, 9.17) is 4.98 Å². The Kier molecular flexibility index (Phi) is 8.47. The predicted molar refractivity (Wildman–Crippen MR) is 125 cm³/mol. The topological polar surface area (TPSA) is 19.1 Å². The molecule has 1 aromatic rings. The Morgan fingerprint density at radius 2 is 1.52 bits per heavy atom. The van der Waals surface area contributed by atoms with Crippen LogP contribution < -0.4 is 27.2 Å². The fraction of sp³-hybridized carbons (Fsp3) is 0.500. The van der Waals surface area contributed by atoms with Gasteiger partial charge in [0.1, 0.15) is 13.1 Å². The van der Waals surface area contributed by atoms with Gasteiger partial charge in [0.25, 0.3) is 0 Å². The van der Waals surface area contributed by atoms with E-state index in [0.29, 0.717) is 0 Å². The van der Waals surface area contributed by atoms with E-state index in [9.17, 15) is 0 Å². The number of rotatable bonds is 7. The molecule has 0 radical (unpaired) electrons. The van der Waals surface area contributed by atoms with Crippen LogP contribution in [-0.2, 0) is 12.8 Å². The molecule has 0 spiro atoms. The minimum atomic E-state index is 0. The summed E-state index contributed by atoms with van der Waals surface area (Å²) in [6.07, 6.45) is 2.02. The van der Waals surface area contributed by atoms with Crippen molar-refractivity contribution in [1.29, 1.82) is 0 Å². The van der Waals surface area contributed by atoms with Crippen molar-refractivity contribution < 1.29 is 12.4 Å². The molecule has 1 aromatic carbocycles. The quantitative estimate of drug-likeness (QED) is 0.422. The van der Waals surface area contributed by atoms with E-state index in [1.54, 1.807) is 0 Å². The highest BCUT2D eigenvalue weighted by atomic mass is 35.5. The summed E-state index contributed by atoms with van der Waals surface area (Å²) in [5.41, 5.74) is 6.39. The van der Waals surface area contributed by atoms with E-state index in [1.165, 1.54) is 43.0 Å². The SMILES string of the molecule is CCc1cc(=[N+](CC)CC)cc2sc3cc(N(CC)CC)cc(CC)c3nc1-2.[Cl-]. The number of nitrogens with zero attached hydrogens (tertiary/aromatic N) is 3. The lowest BCUT2D eigenvalue weighted by atomic mass is 10.1. The molecule has 0 bridgehead atoms. The molecule has 0 unspecified atom stereocenters. The zero-order valence-electron chi connectivity index (χ0n) is 18.7. The molecule has 1 aliphatic heterocycles. The van der Waals surface area contributed by atoms with Crippen LogP contribution in [0.1, 0.15) is 52.7 Å². The Morgan fingerprint density at radius 1 is 0.862 bits per heavy atom. The molecular weight excluding hydrogens is 398 g/mol. The molecular formula is C24H34ClN3S. The summed E-state index contributed by atoms with van der Waals surface area (Å²) >= 11 is 1.90. The largest absolute Gasteiger partial charge is 1.00 e. The standard InChI is InChI=1S/C24H34N3S.ClH/c1-7-17-13-19(26(9-3)10-4)15-21-23(17)25-24-18(8-2)14-20(16-22(24)28-21)27(11-5)12-6;/h13-16H,7-12H2,1-6H3;1H/q+1;/p-1. The van der Waals surface area contributed by atoms with Crippen molar-refractivity contribution in [3.8, 4) is 10.6 Å². The first-order chi connectivity index (χ1) is 13.6. The van der Waals surface area contributed by atoms with Crippen molar-refractivity contribution >= 4 is 27.2 Å². The maximum absolute atomic E-state index is 5.20. The van der Waals surface area contributed by atoms with Gasteiger partial charge in [-0.15, -0.1) is 11.3 Å². The van der Waals surface area contributed by atoms with Gasteiger partial charge in [0.15, 0.2) is 0 Å². The molecule has 0 saturated carbocycles. The van der Waals surface area contributed by atoms with E-state index in [1.807, 2.05) is 11.3 Å². The third-order valence-corrected chi connectivity index (χ3v) is 6.80. The molecule has 0 N–H and O–H groups in total. The molecule has 0 saturated heterocycles. The Bertz CT molecular complexity index is 999. The molecule has 0 atom stereocenters. The van der Waals surface area contributed by atoms with Crippen molar-refractivity contribution in [2.24, 2.45) is 0 Å². The van der Waals surface area contributed by atoms with Crippen LogP contribution in [0.25, 0.3) is 20.8 Å². The lowest BCUT2D eigenvalue weighted by Crippen LogP contribution is -3.00. The Morgan fingerprint density at radius 3 is 2.07 bits per heavy atom. The fourth-order valence-corrected chi connectivity index (χ4v) is 5.16. The number of aromatic nitrogens is 1. The summed E-state index contributed by atoms with van der Waals surface area (Å²) in [6, 6.07) is 9.37. The highest BCUT2D eigenvalue weighted by Gasteiger charge is 2.17. The maximum Gasteiger partial charge on any atom is 0.201 e. The number of halogens is 1. The minimum absolute atomic E-state index is 0. The van der Waals surface area contributed by atoms with E-state index in [2.05, 4.69) is 75.3 Å². The number of fused-ring (bicyclic) bond motifs is 2. The Labute approximate surface area is 185 Å². The lowest BCUT2D eigenvalue weighted by Gasteiger charge is -2.23. The monoisotopic (exact) mass is 431 g/mol. The molecule has 3 nitrogen and oxygen atoms in total. The molecule has 0 amide bonds. The van der Waals surface area contributed by atoms with Crippen molar-refractivity contribution in [1.82, 2.24) is 9.56 Å². The normalized spacial score (nSPS) is 11.0. The summed E-state index contributed by atoms with van der Waals surface area (Å²) in [5, 5.41) is 1.32. The zero-order valence-corrected chi connectivity index (χ0v) is 20.3. The summed E-state index contributed by atoms with van der Waals surface area (Å²) < 4.78 is 3.73. The van der Waals surface area contributed by atoms with E-state index in [0.717, 1.165) is 39.0 Å².